The van der Waals surface area contributed by atoms with Gasteiger partial charge in [-0.3, -0.25) is 10.00 Å². The first kappa shape index (κ1) is 14.4. The van der Waals surface area contributed by atoms with Gasteiger partial charge in [0, 0.05) is 5.54 Å². The van der Waals surface area contributed by atoms with E-state index >= 15 is 0 Å². The summed E-state index contributed by atoms with van der Waals surface area (Å²) in [5.41, 5.74) is 1.62. The Morgan fingerprint density at radius 3 is 2.91 bits per heavy atom. The molecular formula is C19H22N4. The number of hydrogen-bond acceptors (Lipinski definition) is 3. The van der Waals surface area contributed by atoms with Gasteiger partial charge in [-0.05, 0) is 49.1 Å². The number of fused-ring (bicyclic) bond motifs is 1. The fourth-order valence-corrected chi connectivity index (χ4v) is 3.89. The van der Waals surface area contributed by atoms with E-state index in [0.29, 0.717) is 0 Å². The van der Waals surface area contributed by atoms with E-state index in [-0.39, 0.29) is 5.54 Å². The molecule has 0 radical (unpaired) electrons. The van der Waals surface area contributed by atoms with Crippen molar-refractivity contribution in [2.45, 2.75) is 38.3 Å². The van der Waals surface area contributed by atoms with Gasteiger partial charge in [-0.25, -0.2) is 4.98 Å². The number of aromatic amines is 1. The van der Waals surface area contributed by atoms with Crippen LogP contribution in [0.1, 0.15) is 31.2 Å². The Labute approximate surface area is 136 Å². The number of benzene rings is 2. The number of rotatable bonds is 4. The summed E-state index contributed by atoms with van der Waals surface area (Å²) >= 11 is 0. The van der Waals surface area contributed by atoms with E-state index in [0.717, 1.165) is 25.3 Å². The molecule has 0 amide bonds. The van der Waals surface area contributed by atoms with Crippen LogP contribution in [0.5, 0.6) is 0 Å². The van der Waals surface area contributed by atoms with Crippen LogP contribution in [0.3, 0.4) is 0 Å². The van der Waals surface area contributed by atoms with Gasteiger partial charge in [0.1, 0.15) is 12.2 Å². The van der Waals surface area contributed by atoms with Crippen LogP contribution in [0.15, 0.2) is 48.8 Å². The smallest absolute Gasteiger partial charge is 0.138 e. The number of aromatic nitrogens is 3. The first-order chi connectivity index (χ1) is 11.2. The lowest BCUT2D eigenvalue weighted by Gasteiger charge is -2.35. The van der Waals surface area contributed by atoms with Gasteiger partial charge in [-0.2, -0.15) is 5.10 Å². The molecule has 2 heterocycles. The van der Waals surface area contributed by atoms with Gasteiger partial charge < -0.3 is 0 Å². The number of H-pyrrole nitrogens is 1. The molecule has 0 bridgehead atoms. The summed E-state index contributed by atoms with van der Waals surface area (Å²) in [6, 6.07) is 15.3. The van der Waals surface area contributed by atoms with Crippen molar-refractivity contribution in [2.75, 3.05) is 6.54 Å². The zero-order valence-electron chi connectivity index (χ0n) is 13.5. The molecule has 0 saturated carbocycles. The van der Waals surface area contributed by atoms with Gasteiger partial charge in [0.25, 0.3) is 0 Å². The average Bonchev–Trinajstić information content (AvgIpc) is 3.19. The fraction of sp³-hybridized carbons (Fsp3) is 0.368. The Morgan fingerprint density at radius 1 is 1.17 bits per heavy atom. The molecule has 0 spiro atoms. The van der Waals surface area contributed by atoms with Crippen molar-refractivity contribution < 1.29 is 0 Å². The predicted octanol–water partition coefficient (Wildman–Crippen LogP) is 3.56. The summed E-state index contributed by atoms with van der Waals surface area (Å²) in [6.45, 7) is 4.36. The van der Waals surface area contributed by atoms with Gasteiger partial charge in [0.2, 0.25) is 0 Å². The maximum Gasteiger partial charge on any atom is 0.138 e. The van der Waals surface area contributed by atoms with Crippen LogP contribution in [0.25, 0.3) is 10.8 Å². The Hall–Kier alpha value is -2.20. The Balaban J connectivity index is 1.63. The van der Waals surface area contributed by atoms with Crippen LogP contribution in [-0.2, 0) is 13.0 Å². The Kier molecular flexibility index (Phi) is 3.62. The van der Waals surface area contributed by atoms with Crippen molar-refractivity contribution in [3.8, 4) is 0 Å². The molecule has 4 nitrogen and oxygen atoms in total. The molecule has 1 saturated heterocycles. The highest BCUT2D eigenvalue weighted by atomic mass is 15.3. The van der Waals surface area contributed by atoms with Crippen LogP contribution in [0.2, 0.25) is 0 Å². The van der Waals surface area contributed by atoms with Crippen molar-refractivity contribution in [3.63, 3.8) is 0 Å². The average molecular weight is 306 g/mol. The molecule has 1 aliphatic rings. The lowest BCUT2D eigenvalue weighted by molar-refractivity contribution is 0.144. The maximum atomic E-state index is 4.29. The number of hydrogen-bond donors (Lipinski definition) is 1. The molecular weight excluding hydrogens is 284 g/mol. The second-order valence-corrected chi connectivity index (χ2v) is 6.77. The molecule has 1 fully saturated rings. The molecule has 2 aromatic carbocycles. The van der Waals surface area contributed by atoms with Gasteiger partial charge in [-0.1, -0.05) is 42.5 Å². The molecule has 1 atom stereocenters. The van der Waals surface area contributed by atoms with E-state index in [1.54, 1.807) is 6.33 Å². The van der Waals surface area contributed by atoms with Crippen molar-refractivity contribution in [3.05, 3.63) is 60.2 Å². The highest BCUT2D eigenvalue weighted by Gasteiger charge is 2.37. The quantitative estimate of drug-likeness (QED) is 0.801. The molecule has 118 valence electrons. The lowest BCUT2D eigenvalue weighted by Crippen LogP contribution is -2.42. The lowest BCUT2D eigenvalue weighted by atomic mass is 9.88. The van der Waals surface area contributed by atoms with Crippen molar-refractivity contribution in [1.82, 2.24) is 20.1 Å². The van der Waals surface area contributed by atoms with Gasteiger partial charge >= 0.3 is 0 Å². The minimum Gasteiger partial charge on any atom is -0.290 e. The molecule has 1 unspecified atom stereocenters. The minimum absolute atomic E-state index is 0.177. The monoisotopic (exact) mass is 306 g/mol. The van der Waals surface area contributed by atoms with Crippen molar-refractivity contribution in [2.24, 2.45) is 0 Å². The standard InChI is InChI=1S/C19H22N4/c1-19(10-5-11-23(19)13-18-20-14-21-22-18)12-16-8-4-7-15-6-2-3-9-17(15)16/h2-4,6-9,14H,5,10-13H2,1H3,(H,20,21,22). The van der Waals surface area contributed by atoms with E-state index in [1.165, 1.54) is 29.2 Å². The van der Waals surface area contributed by atoms with Crippen LogP contribution in [0, 0.1) is 0 Å². The minimum atomic E-state index is 0.177. The highest BCUT2D eigenvalue weighted by molar-refractivity contribution is 5.85. The van der Waals surface area contributed by atoms with Gasteiger partial charge in [-0.15, -0.1) is 0 Å². The van der Waals surface area contributed by atoms with Gasteiger partial charge in [0.05, 0.1) is 6.54 Å². The summed E-state index contributed by atoms with van der Waals surface area (Å²) < 4.78 is 0. The summed E-state index contributed by atoms with van der Waals surface area (Å²) in [7, 11) is 0. The van der Waals surface area contributed by atoms with E-state index in [2.05, 4.69) is 69.5 Å². The zero-order chi connectivity index (χ0) is 15.7. The second kappa shape index (κ2) is 5.78. The molecule has 1 aromatic heterocycles. The number of nitrogens with one attached hydrogen (secondary N) is 1. The third-order valence-corrected chi connectivity index (χ3v) is 5.16. The molecule has 3 aromatic rings. The highest BCUT2D eigenvalue weighted by Crippen LogP contribution is 2.35. The van der Waals surface area contributed by atoms with E-state index in [9.17, 15) is 0 Å². The molecule has 4 rings (SSSR count). The second-order valence-electron chi connectivity index (χ2n) is 6.77. The first-order valence-electron chi connectivity index (χ1n) is 8.31. The molecule has 4 heteroatoms. The Bertz CT molecular complexity index is 791. The normalized spacial score (nSPS) is 22.0. The largest absolute Gasteiger partial charge is 0.290 e. The molecule has 0 aliphatic carbocycles. The summed E-state index contributed by atoms with van der Waals surface area (Å²) in [4.78, 5) is 6.84. The summed E-state index contributed by atoms with van der Waals surface area (Å²) in [6.07, 6.45) is 5.13. The maximum absolute atomic E-state index is 4.29. The van der Waals surface area contributed by atoms with E-state index < -0.39 is 0 Å². The van der Waals surface area contributed by atoms with Crippen LogP contribution in [-0.4, -0.2) is 32.2 Å². The molecule has 1 N–H and O–H groups in total. The zero-order valence-corrected chi connectivity index (χ0v) is 13.5. The van der Waals surface area contributed by atoms with E-state index in [4.69, 9.17) is 0 Å². The van der Waals surface area contributed by atoms with Crippen molar-refractivity contribution >= 4 is 10.8 Å². The molecule has 1 aliphatic heterocycles. The fourth-order valence-electron chi connectivity index (χ4n) is 3.89. The predicted molar refractivity (Wildman–Crippen MR) is 92.1 cm³/mol. The third-order valence-electron chi connectivity index (χ3n) is 5.16. The number of likely N-dealkylation sites (tertiary alicyclic amines) is 1. The number of nitrogens with zero attached hydrogens (tertiary/aromatic N) is 3. The van der Waals surface area contributed by atoms with Crippen LogP contribution >= 0.6 is 0 Å². The van der Waals surface area contributed by atoms with Crippen LogP contribution in [0.4, 0.5) is 0 Å². The van der Waals surface area contributed by atoms with Crippen LogP contribution < -0.4 is 0 Å². The molecule has 23 heavy (non-hydrogen) atoms. The Morgan fingerprint density at radius 2 is 2.04 bits per heavy atom. The van der Waals surface area contributed by atoms with Gasteiger partial charge in [0.15, 0.2) is 0 Å². The van der Waals surface area contributed by atoms with E-state index in [1.807, 2.05) is 0 Å². The topological polar surface area (TPSA) is 44.8 Å². The van der Waals surface area contributed by atoms with Crippen molar-refractivity contribution in [1.29, 1.82) is 0 Å². The summed E-state index contributed by atoms with van der Waals surface area (Å²) in [5.74, 6) is 0.955. The SMILES string of the molecule is CC1(Cc2cccc3ccccc23)CCCN1Cc1ncn[nH]1. The summed E-state index contributed by atoms with van der Waals surface area (Å²) in [5, 5.41) is 9.67. The first-order valence-corrected chi connectivity index (χ1v) is 8.31. The third kappa shape index (κ3) is 2.75.